The second-order valence-electron chi connectivity index (χ2n) is 16.3. The predicted molar refractivity (Wildman–Crippen MR) is 137 cm³/mol. The highest BCUT2D eigenvalue weighted by Crippen LogP contribution is 2.51. The fourth-order valence-corrected chi connectivity index (χ4v) is 8.52. The Labute approximate surface area is 192 Å². The minimum absolute atomic E-state index is 0.368. The highest BCUT2D eigenvalue weighted by atomic mass is 15.1. The van der Waals surface area contributed by atoms with Crippen LogP contribution < -0.4 is 0 Å². The third-order valence-electron chi connectivity index (χ3n) is 7.31. The van der Waals surface area contributed by atoms with Gasteiger partial charge in [0.25, 0.3) is 0 Å². The molecule has 0 aromatic rings. The van der Waals surface area contributed by atoms with Gasteiger partial charge in [0.2, 0.25) is 0 Å². The summed E-state index contributed by atoms with van der Waals surface area (Å²) in [4.78, 5) is 2.52. The molecule has 0 spiro atoms. The van der Waals surface area contributed by atoms with E-state index in [1.54, 1.807) is 0 Å². The average molecular weight is 422 g/mol. The number of hydrogen-bond donors (Lipinski definition) is 0. The van der Waals surface area contributed by atoms with Gasteiger partial charge < -0.3 is 4.90 Å². The fourth-order valence-electron chi connectivity index (χ4n) is 8.52. The summed E-state index contributed by atoms with van der Waals surface area (Å²) in [6, 6.07) is 0. The Hall–Kier alpha value is -0.0400. The zero-order valence-electron chi connectivity index (χ0n) is 23.7. The topological polar surface area (TPSA) is 3.24 Å². The van der Waals surface area contributed by atoms with E-state index in [2.05, 4.69) is 102 Å². The van der Waals surface area contributed by atoms with Crippen LogP contribution in [0.25, 0.3) is 0 Å². The van der Waals surface area contributed by atoms with Crippen LogP contribution in [0.2, 0.25) is 0 Å². The van der Waals surface area contributed by atoms with Crippen molar-refractivity contribution >= 4 is 0 Å². The lowest BCUT2D eigenvalue weighted by molar-refractivity contribution is 0.0483. The molecule has 180 valence electrons. The van der Waals surface area contributed by atoms with E-state index in [9.17, 15) is 0 Å². The van der Waals surface area contributed by atoms with Gasteiger partial charge in [-0.25, -0.2) is 0 Å². The molecule has 0 amide bonds. The number of rotatable bonds is 10. The fraction of sp³-hybridized carbons (Fsp3) is 1.00. The van der Waals surface area contributed by atoms with E-state index in [1.165, 1.54) is 51.6 Å². The molecule has 0 aliphatic carbocycles. The molecule has 1 fully saturated rings. The Morgan fingerprint density at radius 2 is 0.933 bits per heavy atom. The lowest BCUT2D eigenvalue weighted by Gasteiger charge is -2.46. The molecule has 30 heavy (non-hydrogen) atoms. The molecule has 0 radical (unpaired) electrons. The van der Waals surface area contributed by atoms with Gasteiger partial charge in [0.05, 0.1) is 0 Å². The van der Waals surface area contributed by atoms with Gasteiger partial charge in [0, 0.05) is 6.54 Å². The third kappa shape index (κ3) is 10.1. The molecule has 1 saturated heterocycles. The van der Waals surface area contributed by atoms with Crippen LogP contribution in [-0.4, -0.2) is 25.0 Å². The highest BCUT2D eigenvalue weighted by molar-refractivity contribution is 4.93. The van der Waals surface area contributed by atoms with Crippen molar-refractivity contribution in [2.45, 2.75) is 129 Å². The normalized spacial score (nSPS) is 20.8. The highest BCUT2D eigenvalue weighted by Gasteiger charge is 2.42. The molecule has 0 N–H and O–H groups in total. The molecule has 1 nitrogen and oxygen atoms in total. The third-order valence-corrected chi connectivity index (χ3v) is 7.31. The summed E-state index contributed by atoms with van der Waals surface area (Å²) in [5, 5.41) is 0. The van der Waals surface area contributed by atoms with Gasteiger partial charge in [-0.1, -0.05) is 90.0 Å². The Bertz CT molecular complexity index is 541. The van der Waals surface area contributed by atoms with Crippen LogP contribution in [0.4, 0.5) is 0 Å². The summed E-state index contributed by atoms with van der Waals surface area (Å²) in [7, 11) is 2.29. The first-order chi connectivity index (χ1) is 13.0. The Morgan fingerprint density at radius 3 is 1.27 bits per heavy atom. The monoisotopic (exact) mass is 421 g/mol. The van der Waals surface area contributed by atoms with Crippen LogP contribution in [-0.2, 0) is 0 Å². The second kappa shape index (κ2) is 9.07. The number of likely N-dealkylation sites (tertiary alicyclic amines) is 1. The molecule has 1 atom stereocenters. The van der Waals surface area contributed by atoms with Gasteiger partial charge >= 0.3 is 0 Å². The lowest BCUT2D eigenvalue weighted by atomic mass is 9.59. The summed E-state index contributed by atoms with van der Waals surface area (Å²) in [6.07, 6.45) is 7.93. The molecule has 1 heteroatoms. The SMILES string of the molecule is CN1CCC(C(C)(C)CC(C)(C)CC(C)(C)CC(C)(C)CC(C)(C)CC(C)(C)C)C1. The van der Waals surface area contributed by atoms with Crippen LogP contribution in [0.1, 0.15) is 129 Å². The average Bonchev–Trinajstić information content (AvgIpc) is 2.76. The minimum Gasteiger partial charge on any atom is -0.306 e. The van der Waals surface area contributed by atoms with E-state index in [-0.39, 0.29) is 0 Å². The van der Waals surface area contributed by atoms with Gasteiger partial charge in [0.1, 0.15) is 0 Å². The Balaban J connectivity index is 2.77. The van der Waals surface area contributed by atoms with Crippen LogP contribution in [0.3, 0.4) is 0 Å². The van der Waals surface area contributed by atoms with Gasteiger partial charge in [0.15, 0.2) is 0 Å². The number of hydrogen-bond acceptors (Lipinski definition) is 1. The van der Waals surface area contributed by atoms with Crippen molar-refractivity contribution < 1.29 is 0 Å². The predicted octanol–water partition coefficient (Wildman–Crippen LogP) is 9.07. The number of nitrogens with zero attached hydrogens (tertiary/aromatic N) is 1. The van der Waals surface area contributed by atoms with Crippen molar-refractivity contribution in [3.05, 3.63) is 0 Å². The molecule has 1 rings (SSSR count). The molecule has 1 aliphatic heterocycles. The van der Waals surface area contributed by atoms with Crippen LogP contribution in [0.5, 0.6) is 0 Å². The standard InChI is InChI=1S/C29H59N/c1-24(2,3)18-25(4,5)19-26(6,7)20-27(8,9)21-28(10,11)22-29(12,13)23-15-16-30(14)17-23/h23H,15-22H2,1-14H3. The zero-order chi connectivity index (χ0) is 23.8. The van der Waals surface area contributed by atoms with Gasteiger partial charge in [-0.15, -0.1) is 0 Å². The molecule has 0 saturated carbocycles. The first kappa shape index (κ1) is 28.0. The van der Waals surface area contributed by atoms with Crippen molar-refractivity contribution in [2.75, 3.05) is 20.1 Å². The summed E-state index contributed by atoms with van der Waals surface area (Å²) in [5.74, 6) is 0.847. The summed E-state index contributed by atoms with van der Waals surface area (Å²) < 4.78 is 0. The molecule has 1 heterocycles. The molecule has 0 bridgehead atoms. The second-order valence-corrected chi connectivity index (χ2v) is 16.3. The minimum atomic E-state index is 0.368. The van der Waals surface area contributed by atoms with Crippen LogP contribution >= 0.6 is 0 Å². The van der Waals surface area contributed by atoms with Gasteiger partial charge in [-0.05, 0) is 90.5 Å². The Morgan fingerprint density at radius 1 is 0.567 bits per heavy atom. The summed E-state index contributed by atoms with van der Waals surface area (Å²) in [6.45, 7) is 34.9. The van der Waals surface area contributed by atoms with E-state index >= 15 is 0 Å². The summed E-state index contributed by atoms with van der Waals surface area (Å²) in [5.41, 5.74) is 2.34. The van der Waals surface area contributed by atoms with E-state index < -0.39 is 0 Å². The quantitative estimate of drug-likeness (QED) is 0.340. The van der Waals surface area contributed by atoms with Crippen molar-refractivity contribution in [3.8, 4) is 0 Å². The first-order valence-corrected chi connectivity index (χ1v) is 12.7. The molecule has 0 aromatic heterocycles. The molecule has 0 aromatic carbocycles. The van der Waals surface area contributed by atoms with Gasteiger partial charge in [-0.2, -0.15) is 0 Å². The van der Waals surface area contributed by atoms with E-state index in [4.69, 9.17) is 0 Å². The van der Waals surface area contributed by atoms with Crippen molar-refractivity contribution in [2.24, 2.45) is 38.4 Å². The molecular weight excluding hydrogens is 362 g/mol. The van der Waals surface area contributed by atoms with E-state index in [0.717, 1.165) is 5.92 Å². The lowest BCUT2D eigenvalue weighted by Crippen LogP contribution is -2.36. The van der Waals surface area contributed by atoms with Gasteiger partial charge in [-0.3, -0.25) is 0 Å². The summed E-state index contributed by atoms with van der Waals surface area (Å²) >= 11 is 0. The van der Waals surface area contributed by atoms with Crippen LogP contribution in [0, 0.1) is 38.4 Å². The maximum Gasteiger partial charge on any atom is 0.00122 e. The van der Waals surface area contributed by atoms with Crippen LogP contribution in [0.15, 0.2) is 0 Å². The first-order valence-electron chi connectivity index (χ1n) is 12.7. The van der Waals surface area contributed by atoms with Crippen molar-refractivity contribution in [1.82, 2.24) is 4.90 Å². The largest absolute Gasteiger partial charge is 0.306 e. The molecule has 1 unspecified atom stereocenters. The van der Waals surface area contributed by atoms with Crippen molar-refractivity contribution in [1.29, 1.82) is 0 Å². The van der Waals surface area contributed by atoms with E-state index in [0.29, 0.717) is 32.5 Å². The maximum absolute atomic E-state index is 2.53. The maximum atomic E-state index is 2.53. The molecule has 1 aliphatic rings. The molecular formula is C29H59N. The smallest absolute Gasteiger partial charge is 0.00122 e. The van der Waals surface area contributed by atoms with E-state index in [1.807, 2.05) is 0 Å². The zero-order valence-corrected chi connectivity index (χ0v) is 23.7. The Kier molecular flexibility index (Phi) is 8.46. The van der Waals surface area contributed by atoms with Crippen molar-refractivity contribution in [3.63, 3.8) is 0 Å².